The maximum atomic E-state index is 11.1. The molecule has 0 spiro atoms. The second kappa shape index (κ2) is 6.42. The molecule has 0 bridgehead atoms. The van der Waals surface area contributed by atoms with Gasteiger partial charge in [0.25, 0.3) is 0 Å². The predicted octanol–water partition coefficient (Wildman–Crippen LogP) is -0.875. The Morgan fingerprint density at radius 2 is 2.00 bits per heavy atom. The average molecular weight is 235 g/mol. The summed E-state index contributed by atoms with van der Waals surface area (Å²) in [7, 11) is -1.60. The monoisotopic (exact) mass is 235 g/mol. The molecule has 1 rings (SSSR count). The van der Waals surface area contributed by atoms with Crippen LogP contribution in [0.25, 0.3) is 0 Å². The van der Waals surface area contributed by atoms with Gasteiger partial charge in [-0.25, -0.2) is 13.1 Å². The molecule has 90 valence electrons. The fraction of sp³-hybridized carbons (Fsp3) is 1.00. The lowest BCUT2D eigenvalue weighted by Gasteiger charge is -2.22. The Kier molecular flexibility index (Phi) is 5.52. The van der Waals surface area contributed by atoms with Crippen molar-refractivity contribution in [3.05, 3.63) is 0 Å². The summed E-state index contributed by atoms with van der Waals surface area (Å²) >= 11 is 0. The zero-order valence-corrected chi connectivity index (χ0v) is 10.1. The van der Waals surface area contributed by atoms with Crippen molar-refractivity contribution in [1.82, 2.24) is 15.4 Å². The Morgan fingerprint density at radius 1 is 1.33 bits per heavy atom. The van der Waals surface area contributed by atoms with Crippen LogP contribution in [0.3, 0.4) is 0 Å². The molecule has 0 aromatic heterocycles. The molecule has 0 radical (unpaired) electrons. The average Bonchev–Trinajstić information content (AvgIpc) is 2.26. The molecule has 0 unspecified atom stereocenters. The van der Waals surface area contributed by atoms with E-state index < -0.39 is 10.0 Å². The Balaban J connectivity index is 2.06. The van der Waals surface area contributed by atoms with Gasteiger partial charge in [-0.15, -0.1) is 0 Å². The molecule has 0 atom stereocenters. The highest BCUT2D eigenvalue weighted by Crippen LogP contribution is 2.09. The summed E-state index contributed by atoms with van der Waals surface area (Å²) in [5.74, 6) is 0.859. The zero-order chi connectivity index (χ0) is 11.1. The molecule has 0 amide bonds. The van der Waals surface area contributed by atoms with E-state index in [1.165, 1.54) is 19.9 Å². The van der Waals surface area contributed by atoms with Crippen LogP contribution >= 0.6 is 0 Å². The summed E-state index contributed by atoms with van der Waals surface area (Å²) in [6.45, 7) is 3.64. The maximum absolute atomic E-state index is 11.1. The molecule has 1 saturated heterocycles. The fourth-order valence-corrected chi connectivity index (χ4v) is 2.32. The normalized spacial score (nSPS) is 19.3. The first-order chi connectivity index (χ1) is 7.14. The molecule has 0 aromatic carbocycles. The van der Waals surface area contributed by atoms with Crippen LogP contribution in [0.15, 0.2) is 0 Å². The number of rotatable bonds is 6. The lowest BCUT2D eigenvalue weighted by atomic mass is 9.98. The molecular weight excluding hydrogens is 214 g/mol. The first-order valence-electron chi connectivity index (χ1n) is 5.47. The molecule has 1 fully saturated rings. The highest BCUT2D eigenvalue weighted by atomic mass is 32.2. The SMILES string of the molecule is CNS(=O)(=O)CCNCC1CCNCC1. The lowest BCUT2D eigenvalue weighted by molar-refractivity contribution is 0.359. The van der Waals surface area contributed by atoms with Crippen molar-refractivity contribution >= 4 is 10.0 Å². The Bertz CT molecular complexity index is 261. The Morgan fingerprint density at radius 3 is 2.60 bits per heavy atom. The van der Waals surface area contributed by atoms with Crippen LogP contribution in [-0.2, 0) is 10.0 Å². The van der Waals surface area contributed by atoms with Crippen molar-refractivity contribution in [3.63, 3.8) is 0 Å². The van der Waals surface area contributed by atoms with Crippen molar-refractivity contribution in [1.29, 1.82) is 0 Å². The van der Waals surface area contributed by atoms with E-state index in [-0.39, 0.29) is 5.75 Å². The summed E-state index contributed by atoms with van der Waals surface area (Å²) in [4.78, 5) is 0. The summed E-state index contributed by atoms with van der Waals surface area (Å²) in [5, 5.41) is 6.50. The van der Waals surface area contributed by atoms with Gasteiger partial charge in [0.1, 0.15) is 0 Å². The van der Waals surface area contributed by atoms with Crippen molar-refractivity contribution in [3.8, 4) is 0 Å². The molecule has 1 aliphatic rings. The van der Waals surface area contributed by atoms with Crippen LogP contribution in [0.4, 0.5) is 0 Å². The second-order valence-corrected chi connectivity index (χ2v) is 5.97. The van der Waals surface area contributed by atoms with Gasteiger partial charge in [-0.05, 0) is 45.4 Å². The number of sulfonamides is 1. The zero-order valence-electron chi connectivity index (χ0n) is 9.25. The van der Waals surface area contributed by atoms with E-state index in [2.05, 4.69) is 15.4 Å². The molecule has 1 heterocycles. The van der Waals surface area contributed by atoms with Gasteiger partial charge < -0.3 is 10.6 Å². The molecule has 6 heteroatoms. The lowest BCUT2D eigenvalue weighted by Crippen LogP contribution is -2.36. The Hall–Kier alpha value is -0.170. The van der Waals surface area contributed by atoms with Crippen LogP contribution in [0, 0.1) is 5.92 Å². The predicted molar refractivity (Wildman–Crippen MR) is 61.3 cm³/mol. The fourth-order valence-electron chi connectivity index (χ4n) is 1.70. The van der Waals surface area contributed by atoms with Gasteiger partial charge in [-0.1, -0.05) is 0 Å². The smallest absolute Gasteiger partial charge is 0.212 e. The molecular formula is C9H21N3O2S. The number of hydrogen-bond donors (Lipinski definition) is 3. The van der Waals surface area contributed by atoms with Gasteiger partial charge in [0.15, 0.2) is 0 Å². The minimum atomic E-state index is -3.05. The quantitative estimate of drug-likeness (QED) is 0.523. The van der Waals surface area contributed by atoms with Gasteiger partial charge in [0.05, 0.1) is 5.75 Å². The number of piperidine rings is 1. The van der Waals surface area contributed by atoms with E-state index in [9.17, 15) is 8.42 Å². The molecule has 3 N–H and O–H groups in total. The van der Waals surface area contributed by atoms with Gasteiger partial charge >= 0.3 is 0 Å². The van der Waals surface area contributed by atoms with Crippen molar-refractivity contribution in [2.45, 2.75) is 12.8 Å². The largest absolute Gasteiger partial charge is 0.317 e. The number of nitrogens with one attached hydrogen (secondary N) is 3. The van der Waals surface area contributed by atoms with Crippen molar-refractivity contribution in [2.24, 2.45) is 5.92 Å². The minimum absolute atomic E-state index is 0.161. The van der Waals surface area contributed by atoms with E-state index in [1.54, 1.807) is 0 Å². The summed E-state index contributed by atoms with van der Waals surface area (Å²) in [6.07, 6.45) is 2.37. The van der Waals surface area contributed by atoms with Crippen molar-refractivity contribution in [2.75, 3.05) is 39.0 Å². The van der Waals surface area contributed by atoms with E-state index in [0.717, 1.165) is 19.6 Å². The Labute approximate surface area is 92.1 Å². The first-order valence-corrected chi connectivity index (χ1v) is 7.12. The van der Waals surface area contributed by atoms with Gasteiger partial charge in [0, 0.05) is 6.54 Å². The van der Waals surface area contributed by atoms with Crippen LogP contribution in [-0.4, -0.2) is 47.4 Å². The summed E-state index contributed by atoms with van der Waals surface area (Å²) in [6, 6.07) is 0. The molecule has 0 aliphatic carbocycles. The van der Waals surface area contributed by atoms with Gasteiger partial charge in [0.2, 0.25) is 10.0 Å². The molecule has 15 heavy (non-hydrogen) atoms. The molecule has 0 aromatic rings. The van der Waals surface area contributed by atoms with Crippen LogP contribution in [0.5, 0.6) is 0 Å². The molecule has 1 aliphatic heterocycles. The van der Waals surface area contributed by atoms with E-state index in [1.807, 2.05) is 0 Å². The minimum Gasteiger partial charge on any atom is -0.317 e. The van der Waals surface area contributed by atoms with Crippen LogP contribution in [0.1, 0.15) is 12.8 Å². The van der Waals surface area contributed by atoms with E-state index >= 15 is 0 Å². The van der Waals surface area contributed by atoms with Gasteiger partial charge in [-0.3, -0.25) is 0 Å². The maximum Gasteiger partial charge on any atom is 0.212 e. The van der Waals surface area contributed by atoms with E-state index in [0.29, 0.717) is 12.5 Å². The standard InChI is InChI=1S/C9H21N3O2S/c1-10-15(13,14)7-6-12-8-9-2-4-11-5-3-9/h9-12H,2-8H2,1H3. The van der Waals surface area contributed by atoms with Crippen LogP contribution < -0.4 is 15.4 Å². The molecule has 5 nitrogen and oxygen atoms in total. The summed E-state index contributed by atoms with van der Waals surface area (Å²) in [5.41, 5.74) is 0. The van der Waals surface area contributed by atoms with Crippen molar-refractivity contribution < 1.29 is 8.42 Å². The second-order valence-electron chi connectivity index (χ2n) is 3.92. The topological polar surface area (TPSA) is 70.2 Å². The van der Waals surface area contributed by atoms with E-state index in [4.69, 9.17) is 0 Å². The summed E-state index contributed by atoms with van der Waals surface area (Å²) < 4.78 is 24.5. The molecule has 0 saturated carbocycles. The highest BCUT2D eigenvalue weighted by molar-refractivity contribution is 7.89. The first kappa shape index (κ1) is 12.9. The number of hydrogen-bond acceptors (Lipinski definition) is 4. The third-order valence-electron chi connectivity index (χ3n) is 2.75. The van der Waals surface area contributed by atoms with Crippen LogP contribution in [0.2, 0.25) is 0 Å². The highest BCUT2D eigenvalue weighted by Gasteiger charge is 2.12. The van der Waals surface area contributed by atoms with Gasteiger partial charge in [-0.2, -0.15) is 0 Å². The third kappa shape index (κ3) is 5.46. The third-order valence-corrected chi connectivity index (χ3v) is 4.11.